The van der Waals surface area contributed by atoms with Gasteiger partial charge in [-0.05, 0) is 29.7 Å². The van der Waals surface area contributed by atoms with Crippen LogP contribution in [0.4, 0.5) is 0 Å². The van der Waals surface area contributed by atoms with E-state index in [1.165, 1.54) is 11.1 Å². The third-order valence-electron chi connectivity index (χ3n) is 3.75. The molecule has 0 heterocycles. The Morgan fingerprint density at radius 2 is 1.55 bits per heavy atom. The molecule has 3 heteroatoms. The van der Waals surface area contributed by atoms with Crippen molar-refractivity contribution in [2.45, 2.75) is 32.5 Å². The molecule has 0 aliphatic carbocycles. The van der Waals surface area contributed by atoms with Crippen molar-refractivity contribution in [3.05, 3.63) is 65.7 Å². The van der Waals surface area contributed by atoms with Gasteiger partial charge in [0.25, 0.3) is 0 Å². The van der Waals surface area contributed by atoms with E-state index in [0.29, 0.717) is 6.54 Å². The molecule has 0 radical (unpaired) electrons. The summed E-state index contributed by atoms with van der Waals surface area (Å²) < 4.78 is 5.20. The van der Waals surface area contributed by atoms with E-state index < -0.39 is 0 Å². The highest BCUT2D eigenvalue weighted by Crippen LogP contribution is 2.15. The van der Waals surface area contributed by atoms with Crippen molar-refractivity contribution in [3.8, 4) is 5.75 Å². The zero-order valence-corrected chi connectivity index (χ0v) is 13.4. The van der Waals surface area contributed by atoms with Crippen LogP contribution in [-0.4, -0.2) is 29.8 Å². The standard InChI is InChI=1S/C19H25NO2/c1-3-18(21)15-20(13-16-7-5-4-6-8-16)14-17-9-11-19(22-2)12-10-17/h4-12,18,21H,3,13-15H2,1-2H3. The second-order valence-corrected chi connectivity index (χ2v) is 5.57. The molecule has 0 amide bonds. The number of nitrogens with zero attached hydrogens (tertiary/aromatic N) is 1. The lowest BCUT2D eigenvalue weighted by Gasteiger charge is -2.25. The molecule has 0 saturated carbocycles. The van der Waals surface area contributed by atoms with Gasteiger partial charge in [-0.1, -0.05) is 49.4 Å². The first-order valence-corrected chi connectivity index (χ1v) is 7.78. The lowest BCUT2D eigenvalue weighted by atomic mass is 10.1. The molecule has 22 heavy (non-hydrogen) atoms. The average Bonchev–Trinajstić information content (AvgIpc) is 2.56. The van der Waals surface area contributed by atoms with Gasteiger partial charge in [0.2, 0.25) is 0 Å². The van der Waals surface area contributed by atoms with Crippen molar-refractivity contribution in [2.75, 3.05) is 13.7 Å². The minimum absolute atomic E-state index is 0.290. The maximum Gasteiger partial charge on any atom is 0.118 e. The normalized spacial score (nSPS) is 12.4. The summed E-state index contributed by atoms with van der Waals surface area (Å²) in [4.78, 5) is 2.28. The molecule has 0 aliphatic heterocycles. The zero-order valence-electron chi connectivity index (χ0n) is 13.4. The lowest BCUT2D eigenvalue weighted by Crippen LogP contribution is -2.31. The summed E-state index contributed by atoms with van der Waals surface area (Å²) in [6, 6.07) is 18.5. The van der Waals surface area contributed by atoms with E-state index in [2.05, 4.69) is 41.3 Å². The average molecular weight is 299 g/mol. The first-order valence-electron chi connectivity index (χ1n) is 7.78. The lowest BCUT2D eigenvalue weighted by molar-refractivity contribution is 0.101. The van der Waals surface area contributed by atoms with Gasteiger partial charge in [0.05, 0.1) is 13.2 Å². The van der Waals surface area contributed by atoms with Gasteiger partial charge < -0.3 is 9.84 Å². The van der Waals surface area contributed by atoms with E-state index in [-0.39, 0.29) is 6.10 Å². The van der Waals surface area contributed by atoms with Gasteiger partial charge >= 0.3 is 0 Å². The molecular weight excluding hydrogens is 274 g/mol. The van der Waals surface area contributed by atoms with E-state index >= 15 is 0 Å². The third kappa shape index (κ3) is 5.17. The predicted octanol–water partition coefficient (Wildman–Crippen LogP) is 3.47. The molecule has 0 fully saturated rings. The van der Waals surface area contributed by atoms with Gasteiger partial charge in [-0.3, -0.25) is 4.90 Å². The zero-order chi connectivity index (χ0) is 15.8. The Labute approximate surface area is 133 Å². The van der Waals surface area contributed by atoms with Crippen LogP contribution in [0.15, 0.2) is 54.6 Å². The highest BCUT2D eigenvalue weighted by molar-refractivity contribution is 5.27. The number of aliphatic hydroxyl groups excluding tert-OH is 1. The maximum atomic E-state index is 10.0. The fraction of sp³-hybridized carbons (Fsp3) is 0.368. The number of benzene rings is 2. The van der Waals surface area contributed by atoms with Crippen molar-refractivity contribution in [1.82, 2.24) is 4.90 Å². The fourth-order valence-corrected chi connectivity index (χ4v) is 2.44. The topological polar surface area (TPSA) is 32.7 Å². The van der Waals surface area contributed by atoms with Gasteiger partial charge in [-0.2, -0.15) is 0 Å². The van der Waals surface area contributed by atoms with Crippen LogP contribution in [-0.2, 0) is 13.1 Å². The molecule has 0 saturated heterocycles. The summed E-state index contributed by atoms with van der Waals surface area (Å²) in [5, 5.41) is 10.0. The van der Waals surface area contributed by atoms with Crippen LogP contribution in [0.3, 0.4) is 0 Å². The minimum Gasteiger partial charge on any atom is -0.497 e. The van der Waals surface area contributed by atoms with Crippen molar-refractivity contribution >= 4 is 0 Å². The van der Waals surface area contributed by atoms with E-state index in [1.54, 1.807) is 7.11 Å². The Kier molecular flexibility index (Phi) is 6.44. The van der Waals surface area contributed by atoms with Crippen LogP contribution in [0.2, 0.25) is 0 Å². The summed E-state index contributed by atoms with van der Waals surface area (Å²) in [6.07, 6.45) is 0.482. The van der Waals surface area contributed by atoms with Gasteiger partial charge in [0.15, 0.2) is 0 Å². The highest BCUT2D eigenvalue weighted by Gasteiger charge is 2.12. The number of hydrogen-bond donors (Lipinski definition) is 1. The van der Waals surface area contributed by atoms with Gasteiger partial charge in [-0.25, -0.2) is 0 Å². The fourth-order valence-electron chi connectivity index (χ4n) is 2.44. The van der Waals surface area contributed by atoms with Gasteiger partial charge in [0, 0.05) is 19.6 Å². The third-order valence-corrected chi connectivity index (χ3v) is 3.75. The Morgan fingerprint density at radius 1 is 0.955 bits per heavy atom. The quantitative estimate of drug-likeness (QED) is 0.810. The molecule has 1 N–H and O–H groups in total. The minimum atomic E-state index is -0.290. The highest BCUT2D eigenvalue weighted by atomic mass is 16.5. The van der Waals surface area contributed by atoms with E-state index in [9.17, 15) is 5.11 Å². The molecule has 2 aromatic rings. The molecule has 0 bridgehead atoms. The summed E-state index contributed by atoms with van der Waals surface area (Å²) in [5.41, 5.74) is 2.49. The summed E-state index contributed by atoms with van der Waals surface area (Å²) in [6.45, 7) is 4.34. The first-order chi connectivity index (χ1) is 10.7. The van der Waals surface area contributed by atoms with Crippen LogP contribution in [0.5, 0.6) is 5.75 Å². The number of aliphatic hydroxyl groups is 1. The monoisotopic (exact) mass is 299 g/mol. The molecule has 2 rings (SSSR count). The molecule has 3 nitrogen and oxygen atoms in total. The predicted molar refractivity (Wildman–Crippen MR) is 89.8 cm³/mol. The second-order valence-electron chi connectivity index (χ2n) is 5.57. The molecule has 0 spiro atoms. The largest absolute Gasteiger partial charge is 0.497 e. The number of hydrogen-bond acceptors (Lipinski definition) is 3. The molecule has 1 atom stereocenters. The van der Waals surface area contributed by atoms with Crippen LogP contribution in [0, 0.1) is 0 Å². The van der Waals surface area contributed by atoms with Crippen LogP contribution < -0.4 is 4.74 Å². The smallest absolute Gasteiger partial charge is 0.118 e. The van der Waals surface area contributed by atoms with Crippen molar-refractivity contribution in [1.29, 1.82) is 0 Å². The van der Waals surface area contributed by atoms with Crippen LogP contribution >= 0.6 is 0 Å². The van der Waals surface area contributed by atoms with Gasteiger partial charge in [-0.15, -0.1) is 0 Å². The summed E-state index contributed by atoms with van der Waals surface area (Å²) in [7, 11) is 1.67. The molecule has 0 aliphatic rings. The molecule has 0 aromatic heterocycles. The van der Waals surface area contributed by atoms with Crippen LogP contribution in [0.25, 0.3) is 0 Å². The number of rotatable bonds is 8. The molecular formula is C19H25NO2. The van der Waals surface area contributed by atoms with Crippen molar-refractivity contribution in [3.63, 3.8) is 0 Å². The Balaban J connectivity index is 2.05. The molecule has 2 aromatic carbocycles. The molecule has 118 valence electrons. The SMILES string of the molecule is CCC(O)CN(Cc1ccccc1)Cc1ccc(OC)cc1. The Bertz CT molecular complexity index is 539. The van der Waals surface area contributed by atoms with E-state index in [4.69, 9.17) is 4.74 Å². The van der Waals surface area contributed by atoms with Crippen LogP contribution in [0.1, 0.15) is 24.5 Å². The number of ether oxygens (including phenoxy) is 1. The maximum absolute atomic E-state index is 10.0. The Morgan fingerprint density at radius 3 is 2.09 bits per heavy atom. The first kappa shape index (κ1) is 16.5. The summed E-state index contributed by atoms with van der Waals surface area (Å²) >= 11 is 0. The molecule has 1 unspecified atom stereocenters. The summed E-state index contributed by atoms with van der Waals surface area (Å²) in [5.74, 6) is 0.868. The van der Waals surface area contributed by atoms with Gasteiger partial charge in [0.1, 0.15) is 5.75 Å². The van der Waals surface area contributed by atoms with Crippen molar-refractivity contribution < 1.29 is 9.84 Å². The van der Waals surface area contributed by atoms with E-state index in [0.717, 1.165) is 25.3 Å². The van der Waals surface area contributed by atoms with E-state index in [1.807, 2.05) is 25.1 Å². The van der Waals surface area contributed by atoms with Crippen molar-refractivity contribution in [2.24, 2.45) is 0 Å². The Hall–Kier alpha value is -1.84. The second kappa shape index (κ2) is 8.57. The number of methoxy groups -OCH3 is 1.